The molecule has 0 radical (unpaired) electrons. The number of benzene rings is 1. The Labute approximate surface area is 153 Å². The lowest BCUT2D eigenvalue weighted by atomic mass is 10.1. The van der Waals surface area contributed by atoms with Crippen LogP contribution < -0.4 is 10.2 Å². The Morgan fingerprint density at radius 1 is 1.30 bits per heavy atom. The van der Waals surface area contributed by atoms with Crippen LogP contribution in [0.1, 0.15) is 18.9 Å². The Hall–Kier alpha value is -2.14. The van der Waals surface area contributed by atoms with Gasteiger partial charge in [-0.15, -0.1) is 0 Å². The minimum Gasteiger partial charge on any atom is -0.308 e. The van der Waals surface area contributed by atoms with E-state index in [4.69, 9.17) is 0 Å². The molecule has 0 spiro atoms. The molecule has 3 atom stereocenters. The molecular formula is C16H16F3N3O4S. The van der Waals surface area contributed by atoms with E-state index in [-0.39, 0.29) is 24.4 Å². The molecule has 2 bridgehead atoms. The molecule has 3 aliphatic rings. The van der Waals surface area contributed by atoms with Gasteiger partial charge >= 0.3 is 12.2 Å². The van der Waals surface area contributed by atoms with Crippen molar-refractivity contribution in [2.45, 2.75) is 36.5 Å². The second-order valence-electron chi connectivity index (χ2n) is 6.86. The fraction of sp³-hybridized carbons (Fsp3) is 0.500. The van der Waals surface area contributed by atoms with E-state index in [0.717, 1.165) is 17.0 Å². The molecule has 0 saturated carbocycles. The number of amides is 3. The van der Waals surface area contributed by atoms with E-state index in [1.165, 1.54) is 13.0 Å². The molecule has 3 unspecified atom stereocenters. The lowest BCUT2D eigenvalue weighted by Crippen LogP contribution is -2.61. The molecule has 0 aromatic heterocycles. The molecule has 146 valence electrons. The highest BCUT2D eigenvalue weighted by Crippen LogP contribution is 2.48. The van der Waals surface area contributed by atoms with Crippen LogP contribution in [0.3, 0.4) is 0 Å². The SMILES string of the molecule is CCS(=O)(=O)C12CNC(C1)C1C(=O)N(c3cccc(C(F)(F)F)c3)C(=O)N12. The Bertz CT molecular complexity index is 948. The van der Waals surface area contributed by atoms with Crippen molar-refractivity contribution in [3.63, 3.8) is 0 Å². The van der Waals surface area contributed by atoms with Crippen molar-refractivity contribution in [3.8, 4) is 0 Å². The Balaban J connectivity index is 1.79. The van der Waals surface area contributed by atoms with Crippen LogP contribution >= 0.6 is 0 Å². The number of rotatable bonds is 3. The van der Waals surface area contributed by atoms with Crippen LogP contribution in [0.4, 0.5) is 23.7 Å². The van der Waals surface area contributed by atoms with Crippen molar-refractivity contribution in [1.29, 1.82) is 0 Å². The van der Waals surface area contributed by atoms with E-state index in [9.17, 15) is 31.2 Å². The molecule has 3 aliphatic heterocycles. The standard InChI is InChI=1S/C16H16F3N3O4S/c1-2-27(25,26)15-7-11(20-8-15)12-13(23)21(14(24)22(12)15)10-5-3-4-9(6-10)16(17,18)19/h3-6,11-12,20H,2,7-8H2,1H3. The maximum atomic E-state index is 13.0. The van der Waals surface area contributed by atoms with Crippen molar-refractivity contribution < 1.29 is 31.2 Å². The van der Waals surface area contributed by atoms with Gasteiger partial charge in [-0.05, 0) is 18.2 Å². The first-order valence-electron chi connectivity index (χ1n) is 8.34. The van der Waals surface area contributed by atoms with Gasteiger partial charge in [-0.1, -0.05) is 13.0 Å². The Morgan fingerprint density at radius 3 is 2.63 bits per heavy atom. The van der Waals surface area contributed by atoms with Gasteiger partial charge in [-0.2, -0.15) is 13.2 Å². The summed E-state index contributed by atoms with van der Waals surface area (Å²) < 4.78 is 64.4. The van der Waals surface area contributed by atoms with Crippen molar-refractivity contribution in [2.75, 3.05) is 17.2 Å². The van der Waals surface area contributed by atoms with Gasteiger partial charge in [0.05, 0.1) is 11.3 Å². The zero-order valence-corrected chi connectivity index (χ0v) is 15.0. The minimum atomic E-state index is -4.63. The van der Waals surface area contributed by atoms with Gasteiger partial charge in [0.1, 0.15) is 6.04 Å². The zero-order chi connectivity index (χ0) is 19.8. The lowest BCUT2D eigenvalue weighted by Gasteiger charge is -2.37. The highest BCUT2D eigenvalue weighted by atomic mass is 32.2. The quantitative estimate of drug-likeness (QED) is 0.770. The van der Waals surface area contributed by atoms with Crippen molar-refractivity contribution in [2.24, 2.45) is 0 Å². The monoisotopic (exact) mass is 403 g/mol. The number of urea groups is 1. The molecule has 3 saturated heterocycles. The fourth-order valence-electron chi connectivity index (χ4n) is 4.24. The summed E-state index contributed by atoms with van der Waals surface area (Å²) in [5.74, 6) is -0.931. The first-order valence-corrected chi connectivity index (χ1v) is 9.99. The molecule has 11 heteroatoms. The molecule has 7 nitrogen and oxygen atoms in total. The molecule has 3 amide bonds. The molecule has 1 N–H and O–H groups in total. The van der Waals surface area contributed by atoms with E-state index >= 15 is 0 Å². The predicted octanol–water partition coefficient (Wildman–Crippen LogP) is 1.35. The van der Waals surface area contributed by atoms with Gasteiger partial charge < -0.3 is 5.32 Å². The second-order valence-corrected chi connectivity index (χ2v) is 9.43. The van der Waals surface area contributed by atoms with Gasteiger partial charge in [-0.3, -0.25) is 9.69 Å². The number of carbonyl (C=O) groups is 2. The molecule has 4 rings (SSSR count). The zero-order valence-electron chi connectivity index (χ0n) is 14.2. The van der Waals surface area contributed by atoms with E-state index in [1.54, 1.807) is 0 Å². The summed E-state index contributed by atoms with van der Waals surface area (Å²) in [7, 11) is -3.73. The number of nitrogens with one attached hydrogen (secondary N) is 1. The van der Waals surface area contributed by atoms with E-state index in [0.29, 0.717) is 11.0 Å². The van der Waals surface area contributed by atoms with Crippen LogP contribution in [0.2, 0.25) is 0 Å². The van der Waals surface area contributed by atoms with Gasteiger partial charge in [0, 0.05) is 24.8 Å². The number of hydrogen-bond acceptors (Lipinski definition) is 5. The summed E-state index contributed by atoms with van der Waals surface area (Å²) in [6.07, 6.45) is -4.53. The third kappa shape index (κ3) is 2.27. The average Bonchev–Trinajstić information content (AvgIpc) is 3.26. The number of alkyl halides is 3. The molecule has 1 aromatic carbocycles. The fourth-order valence-corrected chi connectivity index (χ4v) is 6.01. The topological polar surface area (TPSA) is 86.8 Å². The summed E-state index contributed by atoms with van der Waals surface area (Å²) >= 11 is 0. The lowest BCUT2D eigenvalue weighted by molar-refractivity contribution is -0.137. The third-order valence-corrected chi connectivity index (χ3v) is 7.96. The average molecular weight is 403 g/mol. The van der Waals surface area contributed by atoms with E-state index in [1.807, 2.05) is 0 Å². The number of carbonyl (C=O) groups excluding carboxylic acids is 2. The summed E-state index contributed by atoms with van der Waals surface area (Å²) in [5.41, 5.74) is -1.22. The van der Waals surface area contributed by atoms with Crippen LogP contribution in [0.15, 0.2) is 24.3 Å². The number of imide groups is 1. The molecule has 3 fully saturated rings. The molecular weight excluding hydrogens is 387 g/mol. The van der Waals surface area contributed by atoms with Crippen LogP contribution in [-0.2, 0) is 20.8 Å². The van der Waals surface area contributed by atoms with E-state index in [2.05, 4.69) is 5.32 Å². The highest BCUT2D eigenvalue weighted by molar-refractivity contribution is 7.92. The van der Waals surface area contributed by atoms with Crippen molar-refractivity contribution in [3.05, 3.63) is 29.8 Å². The molecule has 1 aromatic rings. The number of nitrogens with zero attached hydrogens (tertiary/aromatic N) is 2. The summed E-state index contributed by atoms with van der Waals surface area (Å²) in [6, 6.07) is 1.40. The van der Waals surface area contributed by atoms with Gasteiger partial charge in [0.2, 0.25) is 0 Å². The van der Waals surface area contributed by atoms with Crippen LogP contribution in [0.5, 0.6) is 0 Å². The number of halogens is 3. The number of fused-ring (bicyclic) bond motifs is 5. The second kappa shape index (κ2) is 5.44. The number of sulfone groups is 1. The minimum absolute atomic E-state index is 0.000208. The predicted molar refractivity (Wildman–Crippen MR) is 88.6 cm³/mol. The number of hydrogen-bond donors (Lipinski definition) is 1. The molecule has 27 heavy (non-hydrogen) atoms. The first-order chi connectivity index (χ1) is 12.5. The normalized spacial score (nSPS) is 30.4. The van der Waals surface area contributed by atoms with Crippen LogP contribution in [0, 0.1) is 0 Å². The van der Waals surface area contributed by atoms with E-state index < -0.39 is 50.5 Å². The smallest absolute Gasteiger partial charge is 0.308 e. The van der Waals surface area contributed by atoms with Crippen molar-refractivity contribution >= 4 is 27.5 Å². The maximum Gasteiger partial charge on any atom is 0.416 e. The van der Waals surface area contributed by atoms with Crippen LogP contribution in [-0.4, -0.2) is 54.5 Å². The largest absolute Gasteiger partial charge is 0.416 e. The highest BCUT2D eigenvalue weighted by Gasteiger charge is 2.70. The Morgan fingerprint density at radius 2 is 2.00 bits per heavy atom. The number of anilines is 1. The summed E-state index contributed by atoms with van der Waals surface area (Å²) in [4.78, 5) is 26.0. The van der Waals surface area contributed by atoms with Gasteiger partial charge in [0.15, 0.2) is 14.7 Å². The maximum absolute atomic E-state index is 13.0. The Kier molecular flexibility index (Phi) is 3.68. The summed E-state index contributed by atoms with van der Waals surface area (Å²) in [6.45, 7) is 1.46. The van der Waals surface area contributed by atoms with Gasteiger partial charge in [0.25, 0.3) is 5.91 Å². The van der Waals surface area contributed by atoms with Crippen LogP contribution in [0.25, 0.3) is 0 Å². The number of piperazine rings is 1. The summed E-state index contributed by atoms with van der Waals surface area (Å²) in [5, 5.41) is 2.97. The van der Waals surface area contributed by atoms with Crippen molar-refractivity contribution in [1.82, 2.24) is 10.2 Å². The first kappa shape index (κ1) is 18.2. The van der Waals surface area contributed by atoms with Gasteiger partial charge in [-0.25, -0.2) is 18.1 Å². The molecule has 3 heterocycles. The third-order valence-electron chi connectivity index (χ3n) is 5.54. The molecule has 0 aliphatic carbocycles.